The normalized spacial score (nSPS) is 15.5. The first kappa shape index (κ1) is 19.3. The van der Waals surface area contributed by atoms with E-state index < -0.39 is 10.4 Å². The maximum atomic E-state index is 13.2. The minimum Gasteiger partial charge on any atom is -0.307 e. The summed E-state index contributed by atoms with van der Waals surface area (Å²) in [7, 11) is -4.71. The standard InChI is InChI=1S/C18H17ClN2O5S/c1-2-12-5-3-4-6-14(12)18(22)21-10-9-16(20-26-27(23,24)25)15-8-7-13(19)11-17(15)21/h3-8,11H,2,9-10H2,1H3,(H,23,24,25)/b20-16+. The lowest BCUT2D eigenvalue weighted by atomic mass is 9.97. The van der Waals surface area contributed by atoms with Gasteiger partial charge in [-0.15, -0.1) is 0 Å². The van der Waals surface area contributed by atoms with Crippen molar-refractivity contribution in [2.45, 2.75) is 19.8 Å². The van der Waals surface area contributed by atoms with Crippen LogP contribution in [0, 0.1) is 0 Å². The van der Waals surface area contributed by atoms with Gasteiger partial charge in [-0.3, -0.25) is 9.35 Å². The maximum Gasteiger partial charge on any atom is 0.466 e. The largest absolute Gasteiger partial charge is 0.466 e. The van der Waals surface area contributed by atoms with Crippen LogP contribution in [-0.4, -0.2) is 31.1 Å². The molecule has 142 valence electrons. The Balaban J connectivity index is 2.04. The minimum absolute atomic E-state index is 0.175. The van der Waals surface area contributed by atoms with Crippen LogP contribution in [0.15, 0.2) is 47.6 Å². The van der Waals surface area contributed by atoms with Gasteiger partial charge in [-0.1, -0.05) is 41.9 Å². The van der Waals surface area contributed by atoms with Crippen LogP contribution < -0.4 is 4.90 Å². The molecule has 1 heterocycles. The maximum absolute atomic E-state index is 13.2. The van der Waals surface area contributed by atoms with E-state index in [-0.39, 0.29) is 18.9 Å². The second kappa shape index (κ2) is 7.67. The summed E-state index contributed by atoms with van der Waals surface area (Å²) < 4.78 is 34.5. The molecule has 1 aliphatic heterocycles. The van der Waals surface area contributed by atoms with Crippen molar-refractivity contribution >= 4 is 39.3 Å². The van der Waals surface area contributed by atoms with Gasteiger partial charge in [0.15, 0.2) is 0 Å². The van der Waals surface area contributed by atoms with Gasteiger partial charge in [0.2, 0.25) is 0 Å². The van der Waals surface area contributed by atoms with Gasteiger partial charge in [-0.05, 0) is 36.2 Å². The van der Waals surface area contributed by atoms with E-state index in [1.807, 2.05) is 25.1 Å². The Bertz CT molecular complexity index is 1020. The predicted molar refractivity (Wildman–Crippen MR) is 103 cm³/mol. The van der Waals surface area contributed by atoms with Crippen LogP contribution in [0.4, 0.5) is 5.69 Å². The van der Waals surface area contributed by atoms with E-state index in [2.05, 4.69) is 9.44 Å². The number of carbonyl (C=O) groups is 1. The molecule has 0 spiro atoms. The van der Waals surface area contributed by atoms with Gasteiger partial charge in [-0.25, -0.2) is 4.28 Å². The van der Waals surface area contributed by atoms with Crippen LogP contribution in [0.2, 0.25) is 5.02 Å². The van der Waals surface area contributed by atoms with Gasteiger partial charge < -0.3 is 4.90 Å². The van der Waals surface area contributed by atoms with Crippen molar-refractivity contribution in [2.75, 3.05) is 11.4 Å². The molecule has 2 aromatic rings. The Morgan fingerprint density at radius 3 is 2.74 bits per heavy atom. The van der Waals surface area contributed by atoms with Crippen LogP contribution in [0.5, 0.6) is 0 Å². The highest BCUT2D eigenvalue weighted by Gasteiger charge is 2.29. The topological polar surface area (TPSA) is 96.3 Å². The molecule has 0 aromatic heterocycles. The van der Waals surface area contributed by atoms with Crippen LogP contribution in [0.3, 0.4) is 0 Å². The summed E-state index contributed by atoms with van der Waals surface area (Å²) in [5.74, 6) is -0.175. The summed E-state index contributed by atoms with van der Waals surface area (Å²) in [6.45, 7) is 2.24. The van der Waals surface area contributed by atoms with Gasteiger partial charge in [-0.2, -0.15) is 8.42 Å². The second-order valence-electron chi connectivity index (χ2n) is 5.92. The number of hydrogen-bond acceptors (Lipinski definition) is 5. The van der Waals surface area contributed by atoms with E-state index in [1.165, 1.54) is 0 Å². The number of halogens is 1. The highest BCUT2D eigenvalue weighted by molar-refractivity contribution is 7.80. The van der Waals surface area contributed by atoms with Crippen molar-refractivity contribution in [1.82, 2.24) is 0 Å². The van der Waals surface area contributed by atoms with Crippen molar-refractivity contribution in [3.8, 4) is 0 Å². The van der Waals surface area contributed by atoms with Crippen molar-refractivity contribution in [1.29, 1.82) is 0 Å². The van der Waals surface area contributed by atoms with Gasteiger partial charge >= 0.3 is 10.4 Å². The molecule has 0 atom stereocenters. The summed E-state index contributed by atoms with van der Waals surface area (Å²) in [6.07, 6.45) is 0.969. The average Bonchev–Trinajstić information content (AvgIpc) is 2.64. The molecule has 27 heavy (non-hydrogen) atoms. The molecule has 0 fully saturated rings. The molecule has 7 nitrogen and oxygen atoms in total. The summed E-state index contributed by atoms with van der Waals surface area (Å²) in [5.41, 5.74) is 2.84. The number of nitrogens with zero attached hydrogens (tertiary/aromatic N) is 2. The molecule has 0 aliphatic carbocycles. The van der Waals surface area contributed by atoms with Gasteiger partial charge in [0.1, 0.15) is 0 Å². The molecular weight excluding hydrogens is 392 g/mol. The molecule has 3 rings (SSSR count). The molecule has 0 bridgehead atoms. The molecule has 1 N–H and O–H groups in total. The highest BCUT2D eigenvalue weighted by Crippen LogP contribution is 2.32. The number of fused-ring (bicyclic) bond motifs is 1. The summed E-state index contributed by atoms with van der Waals surface area (Å²) in [4.78, 5) is 14.7. The molecular formula is C18H17ClN2O5S. The van der Waals surface area contributed by atoms with E-state index in [1.54, 1.807) is 29.2 Å². The van der Waals surface area contributed by atoms with Crippen molar-refractivity contribution in [3.63, 3.8) is 0 Å². The Hall–Kier alpha value is -2.42. The van der Waals surface area contributed by atoms with Crippen LogP contribution >= 0.6 is 11.6 Å². The molecule has 9 heteroatoms. The van der Waals surface area contributed by atoms with E-state index >= 15 is 0 Å². The SMILES string of the molecule is CCc1ccccc1C(=O)N1CC/C(=N\OS(=O)(=O)O)c2ccc(Cl)cc21. The van der Waals surface area contributed by atoms with Crippen molar-refractivity contribution in [3.05, 3.63) is 64.2 Å². The molecule has 0 unspecified atom stereocenters. The number of oxime groups is 1. The Morgan fingerprint density at radius 1 is 1.30 bits per heavy atom. The second-order valence-corrected chi connectivity index (χ2v) is 7.36. The van der Waals surface area contributed by atoms with E-state index in [9.17, 15) is 13.2 Å². The fourth-order valence-electron chi connectivity index (χ4n) is 3.03. The van der Waals surface area contributed by atoms with Crippen molar-refractivity contribution in [2.24, 2.45) is 5.16 Å². The first-order valence-corrected chi connectivity index (χ1v) is 9.97. The van der Waals surface area contributed by atoms with Gasteiger partial charge in [0.05, 0.1) is 11.4 Å². The lowest BCUT2D eigenvalue weighted by Crippen LogP contribution is -2.38. The quantitative estimate of drug-likeness (QED) is 0.617. The number of amides is 1. The molecule has 0 radical (unpaired) electrons. The van der Waals surface area contributed by atoms with Gasteiger partial charge in [0.25, 0.3) is 5.91 Å². The molecule has 1 amide bonds. The highest BCUT2D eigenvalue weighted by atomic mass is 35.5. The van der Waals surface area contributed by atoms with Crippen LogP contribution in [0.1, 0.15) is 34.8 Å². The number of benzene rings is 2. The third-order valence-corrected chi connectivity index (χ3v) is 4.75. The zero-order chi connectivity index (χ0) is 19.6. The number of anilines is 1. The zero-order valence-corrected chi connectivity index (χ0v) is 16.0. The zero-order valence-electron chi connectivity index (χ0n) is 14.4. The lowest BCUT2D eigenvalue weighted by Gasteiger charge is -2.30. The third-order valence-electron chi connectivity index (χ3n) is 4.25. The number of carbonyl (C=O) groups excluding carboxylic acids is 1. The lowest BCUT2D eigenvalue weighted by molar-refractivity contribution is 0.0986. The smallest absolute Gasteiger partial charge is 0.307 e. The van der Waals surface area contributed by atoms with Crippen LogP contribution in [-0.2, 0) is 21.1 Å². The van der Waals surface area contributed by atoms with E-state index in [0.717, 1.165) is 5.56 Å². The Kier molecular flexibility index (Phi) is 5.50. The fourth-order valence-corrected chi connectivity index (χ4v) is 3.38. The monoisotopic (exact) mass is 408 g/mol. The molecule has 1 aliphatic rings. The molecule has 0 saturated heterocycles. The number of aryl methyl sites for hydroxylation is 1. The minimum atomic E-state index is -4.71. The number of hydrogen-bond donors (Lipinski definition) is 1. The summed E-state index contributed by atoms with van der Waals surface area (Å²) in [5, 5.41) is 3.95. The Morgan fingerprint density at radius 2 is 2.04 bits per heavy atom. The molecule has 2 aromatic carbocycles. The van der Waals surface area contributed by atoms with Gasteiger partial charge in [0, 0.05) is 29.1 Å². The summed E-state index contributed by atoms with van der Waals surface area (Å²) >= 11 is 6.10. The fraction of sp³-hybridized carbons (Fsp3) is 0.222. The average molecular weight is 409 g/mol. The van der Waals surface area contributed by atoms with Crippen molar-refractivity contribution < 1.29 is 22.0 Å². The van der Waals surface area contributed by atoms with Crippen LogP contribution in [0.25, 0.3) is 0 Å². The first-order valence-electron chi connectivity index (χ1n) is 8.22. The van der Waals surface area contributed by atoms with E-state index in [0.29, 0.717) is 34.0 Å². The first-order chi connectivity index (χ1) is 12.8. The Labute approximate surface area is 162 Å². The third kappa shape index (κ3) is 4.29. The van der Waals surface area contributed by atoms with E-state index in [4.69, 9.17) is 16.2 Å². The summed E-state index contributed by atoms with van der Waals surface area (Å²) in [6, 6.07) is 12.2. The molecule has 0 saturated carbocycles. The number of rotatable bonds is 4. The predicted octanol–water partition coefficient (Wildman–Crippen LogP) is 3.48.